The molecule has 0 spiro atoms. The zero-order valence-corrected chi connectivity index (χ0v) is 13.6. The first-order valence-corrected chi connectivity index (χ1v) is 8.08. The van der Waals surface area contributed by atoms with E-state index in [1.807, 2.05) is 24.4 Å². The predicted octanol–water partition coefficient (Wildman–Crippen LogP) is 1.92. The molecule has 4 nitrogen and oxygen atoms in total. The smallest absolute Gasteiger partial charge is 0.219 e. The van der Waals surface area contributed by atoms with E-state index in [2.05, 4.69) is 18.8 Å². The van der Waals surface area contributed by atoms with Crippen molar-refractivity contribution < 1.29 is 14.4 Å². The summed E-state index contributed by atoms with van der Waals surface area (Å²) in [5.74, 6) is 2.45. The standard InChI is InChI=1S/C18H24N2O2/c1-12-6-13(2)10-20(9-12)11-18(21)16-8-19-17-7-14(22-3)4-5-15(16)17/h4-5,7-8,12-13,19H,6,9-11H2,1-3H3/p+1/t12-,13-/m1/s1. The van der Waals surface area contributed by atoms with Crippen LogP contribution in [-0.4, -0.2) is 37.5 Å². The van der Waals surface area contributed by atoms with Gasteiger partial charge in [-0.05, 0) is 18.6 Å². The zero-order valence-electron chi connectivity index (χ0n) is 13.6. The molecule has 1 aromatic heterocycles. The van der Waals surface area contributed by atoms with Crippen LogP contribution in [0, 0.1) is 11.8 Å². The number of benzene rings is 1. The highest BCUT2D eigenvalue weighted by atomic mass is 16.5. The number of aromatic nitrogens is 1. The number of ether oxygens (including phenoxy) is 1. The predicted molar refractivity (Wildman–Crippen MR) is 87.7 cm³/mol. The van der Waals surface area contributed by atoms with E-state index < -0.39 is 0 Å². The van der Waals surface area contributed by atoms with Crippen LogP contribution in [0.5, 0.6) is 5.75 Å². The SMILES string of the molecule is COc1ccc2c(C(=O)C[NH+]3C[C@H](C)C[C@@H](C)C3)c[nH]c2c1. The highest BCUT2D eigenvalue weighted by molar-refractivity contribution is 6.08. The summed E-state index contributed by atoms with van der Waals surface area (Å²) in [5.41, 5.74) is 1.76. The molecule has 2 aromatic rings. The molecule has 118 valence electrons. The van der Waals surface area contributed by atoms with Crippen molar-refractivity contribution >= 4 is 16.7 Å². The van der Waals surface area contributed by atoms with Crippen LogP contribution in [-0.2, 0) is 0 Å². The van der Waals surface area contributed by atoms with Gasteiger partial charge in [-0.1, -0.05) is 13.8 Å². The normalized spacial score (nSPS) is 25.3. The molecular weight excluding hydrogens is 276 g/mol. The van der Waals surface area contributed by atoms with E-state index in [0.29, 0.717) is 18.4 Å². The molecule has 1 aliphatic heterocycles. The Morgan fingerprint density at radius 3 is 2.73 bits per heavy atom. The Balaban J connectivity index is 1.77. The molecule has 0 saturated carbocycles. The molecule has 0 unspecified atom stereocenters. The summed E-state index contributed by atoms with van der Waals surface area (Å²) >= 11 is 0. The molecule has 0 aliphatic carbocycles. The van der Waals surface area contributed by atoms with Crippen molar-refractivity contribution in [1.29, 1.82) is 0 Å². The fraction of sp³-hybridized carbons (Fsp3) is 0.500. The van der Waals surface area contributed by atoms with Crippen LogP contribution >= 0.6 is 0 Å². The van der Waals surface area contributed by atoms with Crippen molar-refractivity contribution in [3.63, 3.8) is 0 Å². The minimum atomic E-state index is 0.229. The minimum absolute atomic E-state index is 0.229. The van der Waals surface area contributed by atoms with E-state index in [1.54, 1.807) is 7.11 Å². The average molecular weight is 301 g/mol. The number of hydrogen-bond acceptors (Lipinski definition) is 2. The van der Waals surface area contributed by atoms with Crippen molar-refractivity contribution in [3.8, 4) is 5.75 Å². The fourth-order valence-electron chi connectivity index (χ4n) is 3.85. The van der Waals surface area contributed by atoms with Crippen molar-refractivity contribution in [1.82, 2.24) is 4.98 Å². The third kappa shape index (κ3) is 3.02. The molecule has 0 bridgehead atoms. The van der Waals surface area contributed by atoms with Gasteiger partial charge in [0.2, 0.25) is 5.78 Å². The molecule has 22 heavy (non-hydrogen) atoms. The van der Waals surface area contributed by atoms with Gasteiger partial charge in [0.25, 0.3) is 0 Å². The first-order chi connectivity index (χ1) is 10.6. The van der Waals surface area contributed by atoms with Gasteiger partial charge >= 0.3 is 0 Å². The summed E-state index contributed by atoms with van der Waals surface area (Å²) in [5, 5.41) is 0.989. The molecule has 2 atom stereocenters. The third-order valence-corrected chi connectivity index (χ3v) is 4.68. The lowest BCUT2D eigenvalue weighted by atomic mass is 9.91. The van der Waals surface area contributed by atoms with Gasteiger partial charge in [-0.2, -0.15) is 0 Å². The number of quaternary nitrogens is 1. The number of methoxy groups -OCH3 is 1. The van der Waals surface area contributed by atoms with E-state index in [9.17, 15) is 4.79 Å². The second-order valence-corrected chi connectivity index (χ2v) is 6.82. The molecule has 4 heteroatoms. The van der Waals surface area contributed by atoms with E-state index in [0.717, 1.165) is 35.3 Å². The number of piperidine rings is 1. The van der Waals surface area contributed by atoms with Crippen molar-refractivity contribution in [3.05, 3.63) is 30.0 Å². The molecule has 1 fully saturated rings. The largest absolute Gasteiger partial charge is 0.497 e. The van der Waals surface area contributed by atoms with Crippen molar-refractivity contribution in [2.45, 2.75) is 20.3 Å². The lowest BCUT2D eigenvalue weighted by Gasteiger charge is -2.31. The maximum atomic E-state index is 12.7. The summed E-state index contributed by atoms with van der Waals surface area (Å²) in [6.45, 7) is 7.38. The van der Waals surface area contributed by atoms with Crippen LogP contribution in [0.15, 0.2) is 24.4 Å². The summed E-state index contributed by atoms with van der Waals surface area (Å²) < 4.78 is 5.23. The molecule has 2 N–H and O–H groups in total. The van der Waals surface area contributed by atoms with Crippen LogP contribution < -0.4 is 9.64 Å². The maximum Gasteiger partial charge on any atom is 0.219 e. The first kappa shape index (κ1) is 15.1. The summed E-state index contributed by atoms with van der Waals surface area (Å²) in [4.78, 5) is 17.3. The van der Waals surface area contributed by atoms with E-state index in [1.165, 1.54) is 11.3 Å². The monoisotopic (exact) mass is 301 g/mol. The number of rotatable bonds is 4. The number of ketones is 1. The van der Waals surface area contributed by atoms with Crippen LogP contribution in [0.1, 0.15) is 30.6 Å². The van der Waals surface area contributed by atoms with Crippen LogP contribution in [0.4, 0.5) is 0 Å². The number of H-pyrrole nitrogens is 1. The van der Waals surface area contributed by atoms with Gasteiger partial charge in [0.05, 0.1) is 20.2 Å². The highest BCUT2D eigenvalue weighted by Gasteiger charge is 2.27. The molecule has 1 aliphatic rings. The number of carbonyl (C=O) groups excluding carboxylic acids is 1. The van der Waals surface area contributed by atoms with Crippen LogP contribution in [0.3, 0.4) is 0 Å². The van der Waals surface area contributed by atoms with E-state index >= 15 is 0 Å². The van der Waals surface area contributed by atoms with Gasteiger partial charge in [-0.25, -0.2) is 0 Å². The number of aromatic amines is 1. The number of likely N-dealkylation sites (tertiary alicyclic amines) is 1. The number of carbonyl (C=O) groups is 1. The third-order valence-electron chi connectivity index (χ3n) is 4.68. The molecule has 1 saturated heterocycles. The Morgan fingerprint density at radius 2 is 2.05 bits per heavy atom. The first-order valence-electron chi connectivity index (χ1n) is 8.08. The quantitative estimate of drug-likeness (QED) is 0.848. The van der Waals surface area contributed by atoms with Crippen LogP contribution in [0.25, 0.3) is 10.9 Å². The lowest BCUT2D eigenvalue weighted by Crippen LogP contribution is -3.15. The molecule has 1 aromatic carbocycles. The maximum absolute atomic E-state index is 12.7. The zero-order chi connectivity index (χ0) is 15.7. The minimum Gasteiger partial charge on any atom is -0.497 e. The molecule has 2 heterocycles. The second-order valence-electron chi connectivity index (χ2n) is 6.82. The van der Waals surface area contributed by atoms with Gasteiger partial charge in [-0.3, -0.25) is 4.79 Å². The van der Waals surface area contributed by atoms with E-state index in [-0.39, 0.29) is 5.78 Å². The lowest BCUT2D eigenvalue weighted by molar-refractivity contribution is -0.903. The molecule has 0 radical (unpaired) electrons. The van der Waals surface area contributed by atoms with Crippen molar-refractivity contribution in [2.75, 3.05) is 26.7 Å². The molecule has 3 rings (SSSR count). The fourth-order valence-corrected chi connectivity index (χ4v) is 3.85. The summed E-state index contributed by atoms with van der Waals surface area (Å²) in [7, 11) is 1.65. The summed E-state index contributed by atoms with van der Waals surface area (Å²) in [6, 6.07) is 5.81. The Hall–Kier alpha value is -1.81. The number of hydrogen-bond donors (Lipinski definition) is 2. The van der Waals surface area contributed by atoms with Gasteiger partial charge in [0.1, 0.15) is 12.3 Å². The number of nitrogens with one attached hydrogen (secondary N) is 2. The Kier molecular flexibility index (Phi) is 4.21. The van der Waals surface area contributed by atoms with Gasteiger partial charge in [0, 0.05) is 40.6 Å². The van der Waals surface area contributed by atoms with Gasteiger partial charge in [-0.15, -0.1) is 0 Å². The average Bonchev–Trinajstić information content (AvgIpc) is 2.88. The van der Waals surface area contributed by atoms with Crippen LogP contribution in [0.2, 0.25) is 0 Å². The Morgan fingerprint density at radius 1 is 1.32 bits per heavy atom. The second kappa shape index (κ2) is 6.13. The number of fused-ring (bicyclic) bond motifs is 1. The molecular formula is C18H25N2O2+. The van der Waals surface area contributed by atoms with Crippen molar-refractivity contribution in [2.24, 2.45) is 11.8 Å². The highest BCUT2D eigenvalue weighted by Crippen LogP contribution is 2.23. The molecule has 0 amide bonds. The van der Waals surface area contributed by atoms with Gasteiger partial charge < -0.3 is 14.6 Å². The number of Topliss-reactive ketones (excluding diaryl/α,β-unsaturated/α-hetero) is 1. The summed E-state index contributed by atoms with van der Waals surface area (Å²) in [6.07, 6.45) is 3.12. The van der Waals surface area contributed by atoms with Gasteiger partial charge in [0.15, 0.2) is 0 Å². The topological polar surface area (TPSA) is 46.5 Å². The van der Waals surface area contributed by atoms with E-state index in [4.69, 9.17) is 4.74 Å². The Labute approximate surface area is 131 Å². The Bertz CT molecular complexity index is 667.